The Labute approximate surface area is 204 Å². The number of nitrogens with zero attached hydrogens (tertiary/aromatic N) is 3. The van der Waals surface area contributed by atoms with E-state index in [4.69, 9.17) is 15.5 Å². The molecule has 0 saturated heterocycles. The topological polar surface area (TPSA) is 94.5 Å². The van der Waals surface area contributed by atoms with E-state index in [1.165, 1.54) is 12.4 Å². The summed E-state index contributed by atoms with van der Waals surface area (Å²) < 4.78 is 7.30. The fourth-order valence-electron chi connectivity index (χ4n) is 3.71. The zero-order valence-corrected chi connectivity index (χ0v) is 19.7. The highest BCUT2D eigenvalue weighted by atomic mass is 16.5. The van der Waals surface area contributed by atoms with Gasteiger partial charge in [-0.2, -0.15) is 0 Å². The molecule has 176 valence electrons. The summed E-state index contributed by atoms with van der Waals surface area (Å²) in [6.45, 7) is 6.09. The summed E-state index contributed by atoms with van der Waals surface area (Å²) in [6, 6.07) is 13.4. The zero-order chi connectivity index (χ0) is 24.8. The third-order valence-electron chi connectivity index (χ3n) is 5.48. The Bertz CT molecular complexity index is 1430. The Morgan fingerprint density at radius 2 is 2.03 bits per heavy atom. The number of pyridine rings is 2. The first kappa shape index (κ1) is 23.5. The molecule has 0 aliphatic rings. The van der Waals surface area contributed by atoms with E-state index in [2.05, 4.69) is 16.9 Å². The minimum atomic E-state index is -0.308. The average Bonchev–Trinajstić information content (AvgIpc) is 3.30. The normalized spacial score (nSPS) is 11.4. The number of rotatable bonds is 8. The van der Waals surface area contributed by atoms with Crippen molar-refractivity contribution >= 4 is 17.2 Å². The number of hydrogen-bond acceptors (Lipinski definition) is 5. The number of aromatic nitrogens is 3. The number of methoxy groups -OCH3 is 1. The summed E-state index contributed by atoms with van der Waals surface area (Å²) in [4.78, 5) is 22.2. The first-order valence-electron chi connectivity index (χ1n) is 11.1. The van der Waals surface area contributed by atoms with E-state index in [0.29, 0.717) is 29.1 Å². The van der Waals surface area contributed by atoms with Crippen LogP contribution in [0.15, 0.2) is 97.6 Å². The molecule has 1 amide bonds. The molecule has 4 rings (SSSR count). The molecular weight excluding hydrogens is 438 g/mol. The van der Waals surface area contributed by atoms with Gasteiger partial charge >= 0.3 is 0 Å². The maximum Gasteiger partial charge on any atom is 0.274 e. The maximum absolute atomic E-state index is 13.1. The van der Waals surface area contributed by atoms with Crippen LogP contribution in [0.3, 0.4) is 0 Å². The first-order valence-corrected chi connectivity index (χ1v) is 11.1. The number of amides is 1. The molecule has 3 N–H and O–H groups in total. The Hall–Kier alpha value is -4.65. The zero-order valence-electron chi connectivity index (χ0n) is 19.7. The van der Waals surface area contributed by atoms with Crippen LogP contribution in [0.2, 0.25) is 0 Å². The standard InChI is InChI=1S/C28H27N5O2/c1-19(7-4-5-13-29)15-22-16-24(35-3)17-30-26(22)28(34)31-23-11-9-21(10-12-23)25-18-33-14-6-8-20(2)27(33)32-25/h4-14,16-18H,1,15,29H2,2-3H3,(H,31,34)/b7-4-,13-5-. The van der Waals surface area contributed by atoms with Crippen LogP contribution in [0, 0.1) is 6.92 Å². The van der Waals surface area contributed by atoms with E-state index in [9.17, 15) is 4.79 Å². The summed E-state index contributed by atoms with van der Waals surface area (Å²) >= 11 is 0. The number of carbonyl (C=O) groups excluding carboxylic acids is 1. The molecule has 7 nitrogen and oxygen atoms in total. The van der Waals surface area contributed by atoms with Gasteiger partial charge in [0.15, 0.2) is 0 Å². The minimum Gasteiger partial charge on any atom is -0.495 e. The third-order valence-corrected chi connectivity index (χ3v) is 5.48. The molecule has 3 heterocycles. The lowest BCUT2D eigenvalue weighted by molar-refractivity contribution is 0.102. The number of fused-ring (bicyclic) bond motifs is 1. The summed E-state index contributed by atoms with van der Waals surface area (Å²) in [5.74, 6) is 0.264. The lowest BCUT2D eigenvalue weighted by Gasteiger charge is -2.11. The van der Waals surface area contributed by atoms with Crippen LogP contribution in [0.4, 0.5) is 5.69 Å². The van der Waals surface area contributed by atoms with Crippen LogP contribution >= 0.6 is 0 Å². The van der Waals surface area contributed by atoms with Crippen molar-refractivity contribution in [3.8, 4) is 17.0 Å². The van der Waals surface area contributed by atoms with E-state index < -0.39 is 0 Å². The molecule has 7 heteroatoms. The fraction of sp³-hybridized carbons (Fsp3) is 0.107. The van der Waals surface area contributed by atoms with E-state index in [-0.39, 0.29) is 5.91 Å². The minimum absolute atomic E-state index is 0.308. The van der Waals surface area contributed by atoms with E-state index in [1.807, 2.05) is 66.2 Å². The van der Waals surface area contributed by atoms with Crippen molar-refractivity contribution in [3.05, 3.63) is 114 Å². The van der Waals surface area contributed by atoms with Crippen molar-refractivity contribution in [1.29, 1.82) is 0 Å². The van der Waals surface area contributed by atoms with E-state index in [1.54, 1.807) is 25.3 Å². The number of carbonyl (C=O) groups is 1. The predicted molar refractivity (Wildman–Crippen MR) is 139 cm³/mol. The number of allylic oxidation sites excluding steroid dienone is 4. The molecule has 0 unspecified atom stereocenters. The molecule has 0 fully saturated rings. The van der Waals surface area contributed by atoms with Gasteiger partial charge in [0.2, 0.25) is 0 Å². The number of hydrogen-bond donors (Lipinski definition) is 2. The third kappa shape index (κ3) is 5.47. The average molecular weight is 466 g/mol. The molecule has 4 aromatic rings. The summed E-state index contributed by atoms with van der Waals surface area (Å²) in [7, 11) is 1.56. The highest BCUT2D eigenvalue weighted by Gasteiger charge is 2.16. The molecule has 0 aliphatic heterocycles. The molecule has 0 atom stereocenters. The predicted octanol–water partition coefficient (Wildman–Crippen LogP) is 5.09. The van der Waals surface area contributed by atoms with Crippen LogP contribution < -0.4 is 15.8 Å². The second-order valence-electron chi connectivity index (χ2n) is 8.04. The second-order valence-corrected chi connectivity index (χ2v) is 8.04. The van der Waals surface area contributed by atoms with E-state index in [0.717, 1.165) is 28.0 Å². The molecule has 0 bridgehead atoms. The van der Waals surface area contributed by atoms with Gasteiger partial charge < -0.3 is 20.2 Å². The van der Waals surface area contributed by atoms with Gasteiger partial charge in [0.05, 0.1) is 19.0 Å². The van der Waals surface area contributed by atoms with Gasteiger partial charge in [-0.3, -0.25) is 4.79 Å². The van der Waals surface area contributed by atoms with Gasteiger partial charge in [0.1, 0.15) is 17.1 Å². The van der Waals surface area contributed by atoms with Gasteiger partial charge in [0.25, 0.3) is 5.91 Å². The number of benzene rings is 1. The fourth-order valence-corrected chi connectivity index (χ4v) is 3.71. The van der Waals surface area contributed by atoms with Crippen molar-refractivity contribution in [2.75, 3.05) is 12.4 Å². The molecular formula is C28H27N5O2. The smallest absolute Gasteiger partial charge is 0.274 e. The first-order chi connectivity index (χ1) is 17.0. The maximum atomic E-state index is 13.1. The largest absolute Gasteiger partial charge is 0.495 e. The molecule has 0 saturated carbocycles. The van der Waals surface area contributed by atoms with E-state index >= 15 is 0 Å². The van der Waals surface area contributed by atoms with Gasteiger partial charge in [-0.1, -0.05) is 42.5 Å². The van der Waals surface area contributed by atoms with Crippen LogP contribution in [-0.2, 0) is 6.42 Å². The van der Waals surface area contributed by atoms with Crippen molar-refractivity contribution in [3.63, 3.8) is 0 Å². The number of imidazole rings is 1. The highest BCUT2D eigenvalue weighted by Crippen LogP contribution is 2.24. The summed E-state index contributed by atoms with van der Waals surface area (Å²) in [5, 5.41) is 2.93. The molecule has 35 heavy (non-hydrogen) atoms. The van der Waals surface area contributed by atoms with Crippen LogP contribution in [0.25, 0.3) is 16.9 Å². The Morgan fingerprint density at radius 1 is 1.23 bits per heavy atom. The lowest BCUT2D eigenvalue weighted by atomic mass is 10.0. The Kier molecular flexibility index (Phi) is 7.07. The SMILES string of the molecule is C=C(/C=C\C=C/N)Cc1cc(OC)cnc1C(=O)Nc1ccc(-c2cn3cccc(C)c3n2)cc1. The van der Waals surface area contributed by atoms with Gasteiger partial charge in [-0.15, -0.1) is 0 Å². The molecule has 0 radical (unpaired) electrons. The Morgan fingerprint density at radius 3 is 2.74 bits per heavy atom. The number of aryl methyl sites for hydroxylation is 1. The highest BCUT2D eigenvalue weighted by molar-refractivity contribution is 6.04. The van der Waals surface area contributed by atoms with Crippen molar-refractivity contribution in [1.82, 2.24) is 14.4 Å². The summed E-state index contributed by atoms with van der Waals surface area (Å²) in [5.41, 5.74) is 11.7. The number of anilines is 1. The summed E-state index contributed by atoms with van der Waals surface area (Å²) in [6.07, 6.45) is 12.7. The molecule has 0 aliphatic carbocycles. The molecule has 0 spiro atoms. The monoisotopic (exact) mass is 465 g/mol. The quantitative estimate of drug-likeness (QED) is 0.353. The van der Waals surface area contributed by atoms with Gasteiger partial charge in [0, 0.05) is 23.6 Å². The van der Waals surface area contributed by atoms with Gasteiger partial charge in [-0.25, -0.2) is 9.97 Å². The van der Waals surface area contributed by atoms with Crippen LogP contribution in [-0.4, -0.2) is 27.4 Å². The van der Waals surface area contributed by atoms with Crippen LogP contribution in [0.5, 0.6) is 5.75 Å². The number of ether oxygens (including phenoxy) is 1. The van der Waals surface area contributed by atoms with Crippen molar-refractivity contribution in [2.24, 2.45) is 5.73 Å². The second kappa shape index (κ2) is 10.5. The molecule has 1 aromatic carbocycles. The number of nitrogens with one attached hydrogen (secondary N) is 1. The van der Waals surface area contributed by atoms with Crippen molar-refractivity contribution < 1.29 is 9.53 Å². The Balaban J connectivity index is 1.53. The van der Waals surface area contributed by atoms with Gasteiger partial charge in [-0.05, 0) is 61.0 Å². The number of nitrogens with two attached hydrogens (primary N) is 1. The van der Waals surface area contributed by atoms with Crippen molar-refractivity contribution in [2.45, 2.75) is 13.3 Å². The van der Waals surface area contributed by atoms with Crippen LogP contribution in [0.1, 0.15) is 21.6 Å². The lowest BCUT2D eigenvalue weighted by Crippen LogP contribution is -2.16. The molecule has 3 aromatic heterocycles.